The topological polar surface area (TPSA) is 24.9 Å². The third-order valence-electron chi connectivity index (χ3n) is 3.00. The number of hydrogen-bond acceptors (Lipinski definition) is 2. The minimum absolute atomic E-state index is 0.384. The Labute approximate surface area is 103 Å². The van der Waals surface area contributed by atoms with E-state index in [0.717, 1.165) is 24.2 Å². The number of nitrogens with zero attached hydrogens (tertiary/aromatic N) is 1. The maximum Gasteiger partial charge on any atom is 0.0706 e. The van der Waals surface area contributed by atoms with Gasteiger partial charge >= 0.3 is 0 Å². The van der Waals surface area contributed by atoms with E-state index in [0.29, 0.717) is 6.04 Å². The molecule has 0 aliphatic heterocycles. The Hall–Kier alpha value is -1.41. The summed E-state index contributed by atoms with van der Waals surface area (Å²) in [4.78, 5) is 4.75. The molecule has 2 heteroatoms. The molecular formula is C15H20N2. The molecule has 1 unspecified atom stereocenters. The van der Waals surface area contributed by atoms with Crippen molar-refractivity contribution >= 4 is 10.9 Å². The molecule has 0 amide bonds. The number of rotatable bonds is 5. The standard InChI is InChI=1S/C15H20N2/c1-3-7-14(16-4-2)15-11-10-12-8-5-6-9-13(12)17-15/h5-6,8-11,14,16H,3-4,7H2,1-2H3. The maximum atomic E-state index is 4.75. The lowest BCUT2D eigenvalue weighted by atomic mass is 10.1. The molecule has 1 aromatic heterocycles. The summed E-state index contributed by atoms with van der Waals surface area (Å²) in [5, 5.41) is 4.71. The van der Waals surface area contributed by atoms with Crippen molar-refractivity contribution in [3.63, 3.8) is 0 Å². The van der Waals surface area contributed by atoms with Crippen LogP contribution in [0, 0.1) is 0 Å². The van der Waals surface area contributed by atoms with Crippen LogP contribution in [-0.4, -0.2) is 11.5 Å². The number of hydrogen-bond donors (Lipinski definition) is 1. The molecule has 2 rings (SSSR count). The second-order valence-corrected chi connectivity index (χ2v) is 4.33. The SMILES string of the molecule is CCCC(NCC)c1ccc2ccccc2n1. The Bertz CT molecular complexity index is 473. The van der Waals surface area contributed by atoms with Crippen LogP contribution >= 0.6 is 0 Å². The third kappa shape index (κ3) is 2.83. The summed E-state index contributed by atoms with van der Waals surface area (Å²) in [6.07, 6.45) is 2.31. The first-order chi connectivity index (χ1) is 8.35. The van der Waals surface area contributed by atoms with Gasteiger partial charge in [-0.25, -0.2) is 0 Å². The predicted molar refractivity (Wildman–Crippen MR) is 73.1 cm³/mol. The summed E-state index contributed by atoms with van der Waals surface area (Å²) >= 11 is 0. The maximum absolute atomic E-state index is 4.75. The fourth-order valence-electron chi connectivity index (χ4n) is 2.17. The summed E-state index contributed by atoms with van der Waals surface area (Å²) in [7, 11) is 0. The fourth-order valence-corrected chi connectivity index (χ4v) is 2.17. The van der Waals surface area contributed by atoms with Crippen LogP contribution in [0.2, 0.25) is 0 Å². The second-order valence-electron chi connectivity index (χ2n) is 4.33. The first-order valence-corrected chi connectivity index (χ1v) is 6.44. The molecule has 0 saturated heterocycles. The van der Waals surface area contributed by atoms with E-state index in [-0.39, 0.29) is 0 Å². The van der Waals surface area contributed by atoms with E-state index in [1.165, 1.54) is 11.8 Å². The molecule has 2 nitrogen and oxygen atoms in total. The summed E-state index contributed by atoms with van der Waals surface area (Å²) in [5.41, 5.74) is 2.25. The minimum atomic E-state index is 0.384. The van der Waals surface area contributed by atoms with E-state index >= 15 is 0 Å². The number of aromatic nitrogens is 1. The number of para-hydroxylation sites is 1. The molecule has 0 fully saturated rings. The Kier molecular flexibility index (Phi) is 4.10. The van der Waals surface area contributed by atoms with Crippen molar-refractivity contribution in [2.45, 2.75) is 32.7 Å². The van der Waals surface area contributed by atoms with Gasteiger partial charge in [0.25, 0.3) is 0 Å². The normalized spacial score (nSPS) is 12.8. The Morgan fingerprint density at radius 1 is 1.12 bits per heavy atom. The quantitative estimate of drug-likeness (QED) is 0.844. The van der Waals surface area contributed by atoms with Gasteiger partial charge in [-0.2, -0.15) is 0 Å². The fraction of sp³-hybridized carbons (Fsp3) is 0.400. The largest absolute Gasteiger partial charge is 0.309 e. The van der Waals surface area contributed by atoms with Crippen LogP contribution in [0.1, 0.15) is 38.4 Å². The zero-order chi connectivity index (χ0) is 12.1. The molecule has 17 heavy (non-hydrogen) atoms. The van der Waals surface area contributed by atoms with Gasteiger partial charge in [0.05, 0.1) is 11.2 Å². The van der Waals surface area contributed by atoms with Crippen molar-refractivity contribution in [2.75, 3.05) is 6.54 Å². The monoisotopic (exact) mass is 228 g/mol. The molecule has 0 aliphatic rings. The third-order valence-corrected chi connectivity index (χ3v) is 3.00. The predicted octanol–water partition coefficient (Wildman–Crippen LogP) is 3.69. The minimum Gasteiger partial charge on any atom is -0.309 e. The first kappa shape index (κ1) is 12.1. The van der Waals surface area contributed by atoms with Gasteiger partial charge in [-0.15, -0.1) is 0 Å². The van der Waals surface area contributed by atoms with Crippen LogP contribution in [0.5, 0.6) is 0 Å². The average Bonchev–Trinajstić information content (AvgIpc) is 2.38. The van der Waals surface area contributed by atoms with Crippen molar-refractivity contribution in [3.8, 4) is 0 Å². The zero-order valence-electron chi connectivity index (χ0n) is 10.6. The van der Waals surface area contributed by atoms with E-state index < -0.39 is 0 Å². The van der Waals surface area contributed by atoms with Gasteiger partial charge in [0.2, 0.25) is 0 Å². The second kappa shape index (κ2) is 5.78. The molecule has 0 bridgehead atoms. The van der Waals surface area contributed by atoms with E-state index in [9.17, 15) is 0 Å². The lowest BCUT2D eigenvalue weighted by Crippen LogP contribution is -2.21. The average molecular weight is 228 g/mol. The molecule has 1 heterocycles. The van der Waals surface area contributed by atoms with Crippen molar-refractivity contribution < 1.29 is 0 Å². The molecule has 2 aromatic rings. The summed E-state index contributed by atoms with van der Waals surface area (Å²) in [6, 6.07) is 13.0. The van der Waals surface area contributed by atoms with Crippen molar-refractivity contribution in [2.24, 2.45) is 0 Å². The van der Waals surface area contributed by atoms with Crippen LogP contribution in [0.25, 0.3) is 10.9 Å². The van der Waals surface area contributed by atoms with Crippen LogP contribution < -0.4 is 5.32 Å². The van der Waals surface area contributed by atoms with Crippen LogP contribution in [-0.2, 0) is 0 Å². The summed E-state index contributed by atoms with van der Waals surface area (Å²) in [5.74, 6) is 0. The van der Waals surface area contributed by atoms with E-state index in [1.807, 2.05) is 6.07 Å². The summed E-state index contributed by atoms with van der Waals surface area (Å²) < 4.78 is 0. The van der Waals surface area contributed by atoms with Crippen molar-refractivity contribution in [1.82, 2.24) is 10.3 Å². The van der Waals surface area contributed by atoms with Crippen LogP contribution in [0.4, 0.5) is 0 Å². The number of fused-ring (bicyclic) bond motifs is 1. The molecule has 1 aromatic carbocycles. The van der Waals surface area contributed by atoms with Gasteiger partial charge in [0, 0.05) is 11.4 Å². The number of nitrogens with one attached hydrogen (secondary N) is 1. The Morgan fingerprint density at radius 3 is 2.71 bits per heavy atom. The van der Waals surface area contributed by atoms with Crippen molar-refractivity contribution in [3.05, 3.63) is 42.1 Å². The van der Waals surface area contributed by atoms with Gasteiger partial charge in [0.1, 0.15) is 0 Å². The number of pyridine rings is 1. The highest BCUT2D eigenvalue weighted by Crippen LogP contribution is 2.19. The summed E-state index contributed by atoms with van der Waals surface area (Å²) in [6.45, 7) is 5.34. The molecule has 0 spiro atoms. The lowest BCUT2D eigenvalue weighted by Gasteiger charge is -2.16. The molecule has 0 radical (unpaired) electrons. The van der Waals surface area contributed by atoms with Crippen LogP contribution in [0.3, 0.4) is 0 Å². The van der Waals surface area contributed by atoms with Gasteiger partial charge in [0.15, 0.2) is 0 Å². The van der Waals surface area contributed by atoms with E-state index in [1.54, 1.807) is 0 Å². The molecule has 1 N–H and O–H groups in total. The molecule has 0 saturated carbocycles. The Morgan fingerprint density at radius 2 is 1.94 bits per heavy atom. The van der Waals surface area contributed by atoms with Gasteiger partial charge in [-0.05, 0) is 25.1 Å². The Balaban J connectivity index is 2.32. The van der Waals surface area contributed by atoms with E-state index in [2.05, 4.69) is 49.5 Å². The molecule has 1 atom stereocenters. The lowest BCUT2D eigenvalue weighted by molar-refractivity contribution is 0.499. The molecular weight excluding hydrogens is 208 g/mol. The van der Waals surface area contributed by atoms with Crippen molar-refractivity contribution in [1.29, 1.82) is 0 Å². The highest BCUT2D eigenvalue weighted by molar-refractivity contribution is 5.78. The van der Waals surface area contributed by atoms with Gasteiger partial charge < -0.3 is 5.32 Å². The smallest absolute Gasteiger partial charge is 0.0706 e. The highest BCUT2D eigenvalue weighted by Gasteiger charge is 2.10. The molecule has 0 aliphatic carbocycles. The van der Waals surface area contributed by atoms with Crippen LogP contribution in [0.15, 0.2) is 36.4 Å². The first-order valence-electron chi connectivity index (χ1n) is 6.44. The highest BCUT2D eigenvalue weighted by atomic mass is 14.9. The zero-order valence-corrected chi connectivity index (χ0v) is 10.6. The number of benzene rings is 1. The van der Waals surface area contributed by atoms with E-state index in [4.69, 9.17) is 4.98 Å². The molecule has 90 valence electrons. The van der Waals surface area contributed by atoms with Gasteiger partial charge in [-0.1, -0.05) is 44.5 Å². The van der Waals surface area contributed by atoms with Gasteiger partial charge in [-0.3, -0.25) is 4.98 Å².